The molecule has 0 saturated carbocycles. The third-order valence-corrected chi connectivity index (χ3v) is 11.3. The number of benzene rings is 8. The van der Waals surface area contributed by atoms with Gasteiger partial charge in [-0.3, -0.25) is 0 Å². The van der Waals surface area contributed by atoms with Crippen LogP contribution in [0, 0.1) is 0 Å². The van der Waals surface area contributed by atoms with E-state index in [0.717, 1.165) is 44.6 Å². The summed E-state index contributed by atoms with van der Waals surface area (Å²) in [4.78, 5) is 10.6. The van der Waals surface area contributed by atoms with Crippen molar-refractivity contribution < 1.29 is 0 Å². The minimum absolute atomic E-state index is 0.124. The summed E-state index contributed by atoms with van der Waals surface area (Å²) >= 11 is 0. The van der Waals surface area contributed by atoms with Crippen LogP contribution in [0.1, 0.15) is 25.0 Å². The molecule has 2 heteroatoms. The van der Waals surface area contributed by atoms with Crippen molar-refractivity contribution >= 4 is 10.8 Å². The molecule has 9 aromatic rings. The molecule has 8 aromatic carbocycles. The number of hydrogen-bond acceptors (Lipinski definition) is 2. The normalized spacial score (nSPS) is 12.7. The van der Waals surface area contributed by atoms with E-state index >= 15 is 0 Å². The van der Waals surface area contributed by atoms with E-state index in [1.165, 1.54) is 49.9 Å². The van der Waals surface area contributed by atoms with Gasteiger partial charge in [-0.05, 0) is 78.5 Å². The second kappa shape index (κ2) is 13.2. The fourth-order valence-corrected chi connectivity index (χ4v) is 8.70. The van der Waals surface area contributed by atoms with Crippen LogP contribution >= 0.6 is 0 Å². The zero-order valence-electron chi connectivity index (χ0n) is 30.9. The second-order valence-corrected chi connectivity index (χ2v) is 14.9. The van der Waals surface area contributed by atoms with E-state index in [0.29, 0.717) is 5.82 Å². The molecule has 1 aliphatic rings. The van der Waals surface area contributed by atoms with Crippen LogP contribution < -0.4 is 0 Å². The van der Waals surface area contributed by atoms with Crippen molar-refractivity contribution in [1.29, 1.82) is 0 Å². The molecule has 0 aliphatic heterocycles. The van der Waals surface area contributed by atoms with Gasteiger partial charge in [0.1, 0.15) is 0 Å². The average Bonchev–Trinajstić information content (AvgIpc) is 3.50. The number of nitrogens with zero attached hydrogens (tertiary/aromatic N) is 2. The third kappa shape index (κ3) is 5.57. The summed E-state index contributed by atoms with van der Waals surface area (Å²) in [5.74, 6) is 0.702. The van der Waals surface area contributed by atoms with Crippen molar-refractivity contribution in [1.82, 2.24) is 9.97 Å². The molecule has 0 spiro atoms. The van der Waals surface area contributed by atoms with Crippen molar-refractivity contribution in [2.75, 3.05) is 0 Å². The van der Waals surface area contributed by atoms with Crippen LogP contribution in [0.4, 0.5) is 0 Å². The SMILES string of the molecule is CC1(C)c2ccccc2-c2cccc(-c3ccc(-c4cc(-c5ccc(-c6ccccc6)cc5-c5ccccc5)nc(-c5ccccc5)n4)c4ccccc34)c21. The molecule has 10 rings (SSSR count). The molecule has 1 aromatic heterocycles. The number of hydrogen-bond donors (Lipinski definition) is 0. The molecule has 0 radical (unpaired) electrons. The summed E-state index contributed by atoms with van der Waals surface area (Å²) in [7, 11) is 0. The molecule has 1 heterocycles. The summed E-state index contributed by atoms with van der Waals surface area (Å²) in [6.45, 7) is 4.72. The van der Waals surface area contributed by atoms with Gasteiger partial charge in [-0.15, -0.1) is 0 Å². The minimum Gasteiger partial charge on any atom is -0.228 e. The van der Waals surface area contributed by atoms with Gasteiger partial charge in [-0.2, -0.15) is 0 Å². The Bertz CT molecular complexity index is 2870. The summed E-state index contributed by atoms with van der Waals surface area (Å²) in [5.41, 5.74) is 17.3. The lowest BCUT2D eigenvalue weighted by molar-refractivity contribution is 0.662. The Kier molecular flexibility index (Phi) is 7.85. The lowest BCUT2D eigenvalue weighted by atomic mass is 9.78. The Morgan fingerprint density at radius 2 is 0.836 bits per heavy atom. The lowest BCUT2D eigenvalue weighted by Crippen LogP contribution is -2.16. The summed E-state index contributed by atoms with van der Waals surface area (Å²) < 4.78 is 0. The van der Waals surface area contributed by atoms with Crippen LogP contribution in [0.3, 0.4) is 0 Å². The molecule has 0 fully saturated rings. The van der Waals surface area contributed by atoms with Crippen molar-refractivity contribution in [2.24, 2.45) is 0 Å². The van der Waals surface area contributed by atoms with Gasteiger partial charge in [0.25, 0.3) is 0 Å². The van der Waals surface area contributed by atoms with Gasteiger partial charge < -0.3 is 0 Å². The van der Waals surface area contributed by atoms with Crippen LogP contribution in [0.2, 0.25) is 0 Å². The Hall–Kier alpha value is -6.90. The van der Waals surface area contributed by atoms with Gasteiger partial charge >= 0.3 is 0 Å². The highest BCUT2D eigenvalue weighted by Crippen LogP contribution is 2.53. The molecular formula is C53H38N2. The first-order valence-electron chi connectivity index (χ1n) is 19.0. The fourth-order valence-electron chi connectivity index (χ4n) is 8.70. The van der Waals surface area contributed by atoms with E-state index in [4.69, 9.17) is 9.97 Å². The Balaban J connectivity index is 1.18. The predicted octanol–water partition coefficient (Wildman–Crippen LogP) is 13.9. The third-order valence-electron chi connectivity index (χ3n) is 11.3. The summed E-state index contributed by atoms with van der Waals surface area (Å²) in [6.07, 6.45) is 0. The maximum atomic E-state index is 5.32. The Morgan fingerprint density at radius 3 is 1.55 bits per heavy atom. The van der Waals surface area contributed by atoms with Gasteiger partial charge in [-0.25, -0.2) is 9.97 Å². The van der Waals surface area contributed by atoms with Crippen molar-refractivity contribution in [3.8, 4) is 78.4 Å². The molecule has 2 nitrogen and oxygen atoms in total. The van der Waals surface area contributed by atoms with Crippen LogP contribution in [-0.2, 0) is 5.41 Å². The summed E-state index contributed by atoms with van der Waals surface area (Å²) in [5, 5.41) is 2.37. The van der Waals surface area contributed by atoms with Crippen LogP contribution in [0.5, 0.6) is 0 Å². The Labute approximate surface area is 322 Å². The topological polar surface area (TPSA) is 25.8 Å². The minimum atomic E-state index is -0.124. The number of rotatable bonds is 6. The summed E-state index contributed by atoms with van der Waals surface area (Å²) in [6, 6.07) is 69.5. The molecule has 0 amide bonds. The van der Waals surface area contributed by atoms with E-state index in [1.807, 2.05) is 6.07 Å². The molecule has 1 aliphatic carbocycles. The molecular weight excluding hydrogens is 665 g/mol. The number of fused-ring (bicyclic) bond motifs is 4. The van der Waals surface area contributed by atoms with Gasteiger partial charge in [-0.1, -0.05) is 196 Å². The van der Waals surface area contributed by atoms with E-state index in [9.17, 15) is 0 Å². The van der Waals surface area contributed by atoms with Gasteiger partial charge in [0.2, 0.25) is 0 Å². The average molecular weight is 703 g/mol. The van der Waals surface area contributed by atoms with Crippen LogP contribution in [0.15, 0.2) is 194 Å². The van der Waals surface area contributed by atoms with Gasteiger partial charge in [0.05, 0.1) is 11.4 Å². The smallest absolute Gasteiger partial charge is 0.160 e. The van der Waals surface area contributed by atoms with Crippen molar-refractivity contribution in [3.63, 3.8) is 0 Å². The Morgan fingerprint density at radius 1 is 0.327 bits per heavy atom. The maximum Gasteiger partial charge on any atom is 0.160 e. The van der Waals surface area contributed by atoms with Crippen molar-refractivity contribution in [3.05, 3.63) is 205 Å². The van der Waals surface area contributed by atoms with E-state index < -0.39 is 0 Å². The molecule has 0 saturated heterocycles. The molecule has 260 valence electrons. The zero-order valence-corrected chi connectivity index (χ0v) is 30.9. The largest absolute Gasteiger partial charge is 0.228 e. The first-order chi connectivity index (χ1) is 27.0. The fraction of sp³-hybridized carbons (Fsp3) is 0.0566. The molecule has 0 N–H and O–H groups in total. The van der Waals surface area contributed by atoms with Crippen LogP contribution in [-0.4, -0.2) is 9.97 Å². The maximum absolute atomic E-state index is 5.32. The quantitative estimate of drug-likeness (QED) is 0.172. The predicted molar refractivity (Wildman–Crippen MR) is 230 cm³/mol. The number of aromatic nitrogens is 2. The highest BCUT2D eigenvalue weighted by molar-refractivity contribution is 6.06. The second-order valence-electron chi connectivity index (χ2n) is 14.9. The monoisotopic (exact) mass is 702 g/mol. The molecule has 0 unspecified atom stereocenters. The standard InChI is InChI=1S/C53H38N2/c1-53(2)48-28-15-14-25-42(48)46-27-16-26-45(51(46)53)41-31-32-43(40-24-13-12-23-39(40)41)49-34-50(55-52(54-49)37-21-10-5-11-22-37)44-30-29-38(35-17-6-3-7-18-35)33-47(44)36-19-8-4-9-20-36/h3-34H,1-2H3. The van der Waals surface area contributed by atoms with E-state index in [1.54, 1.807) is 0 Å². The van der Waals surface area contributed by atoms with E-state index in [2.05, 4.69) is 202 Å². The highest BCUT2D eigenvalue weighted by Gasteiger charge is 2.37. The molecule has 55 heavy (non-hydrogen) atoms. The molecule has 0 bridgehead atoms. The van der Waals surface area contributed by atoms with Crippen LogP contribution in [0.25, 0.3) is 89.2 Å². The zero-order chi connectivity index (χ0) is 36.9. The van der Waals surface area contributed by atoms with E-state index in [-0.39, 0.29) is 5.41 Å². The van der Waals surface area contributed by atoms with Gasteiger partial charge in [0, 0.05) is 22.1 Å². The lowest BCUT2D eigenvalue weighted by Gasteiger charge is -2.25. The molecule has 0 atom stereocenters. The first kappa shape index (κ1) is 32.7. The van der Waals surface area contributed by atoms with Crippen molar-refractivity contribution in [2.45, 2.75) is 19.3 Å². The first-order valence-corrected chi connectivity index (χ1v) is 19.0. The highest BCUT2D eigenvalue weighted by atomic mass is 14.9. The van der Waals surface area contributed by atoms with Gasteiger partial charge in [0.15, 0.2) is 5.82 Å².